The van der Waals surface area contributed by atoms with Gasteiger partial charge >= 0.3 is 12.1 Å². The molecule has 0 aliphatic carbocycles. The zero-order valence-corrected chi connectivity index (χ0v) is 14.7. The van der Waals surface area contributed by atoms with Crippen molar-refractivity contribution < 1.29 is 23.1 Å². The maximum Gasteiger partial charge on any atom is 0.416 e. The van der Waals surface area contributed by atoms with Crippen molar-refractivity contribution in [2.24, 2.45) is 0 Å². The highest BCUT2D eigenvalue weighted by Crippen LogP contribution is 2.34. The van der Waals surface area contributed by atoms with Gasteiger partial charge in [-0.05, 0) is 23.3 Å². The van der Waals surface area contributed by atoms with Gasteiger partial charge in [0.25, 0.3) is 0 Å². The molecule has 1 saturated heterocycles. The van der Waals surface area contributed by atoms with E-state index in [0.717, 1.165) is 11.6 Å². The summed E-state index contributed by atoms with van der Waals surface area (Å²) >= 11 is 0. The molecule has 27 heavy (non-hydrogen) atoms. The number of hydrogen-bond acceptors (Lipinski definition) is 3. The zero-order chi connectivity index (χ0) is 19.4. The number of piperazine rings is 1. The average Bonchev–Trinajstić information content (AvgIpc) is 2.63. The monoisotopic (exact) mass is 378 g/mol. The number of nitrogens with zero attached hydrogens (tertiary/aromatic N) is 2. The molecular formula is C20H21F3N2O2. The first-order valence-corrected chi connectivity index (χ1v) is 8.75. The Morgan fingerprint density at radius 1 is 0.963 bits per heavy atom. The molecule has 0 unspecified atom stereocenters. The van der Waals surface area contributed by atoms with Crippen LogP contribution in [0.3, 0.4) is 0 Å². The lowest BCUT2D eigenvalue weighted by Gasteiger charge is -2.39. The van der Waals surface area contributed by atoms with Crippen molar-refractivity contribution >= 4 is 5.97 Å². The third-order valence-corrected chi connectivity index (χ3v) is 4.78. The number of rotatable bonds is 5. The van der Waals surface area contributed by atoms with Crippen molar-refractivity contribution in [2.75, 3.05) is 32.7 Å². The standard InChI is InChI=1S/C20H21F3N2O2/c21-20(22,23)17-8-4-7-16(13-17)19(15-5-2-1-3-6-15)25-11-9-24(10-12-25)14-18(26)27/h1-8,13,19H,9-12,14H2,(H,26,27)/t19-/m0/s1. The third kappa shape index (κ3) is 4.87. The zero-order valence-electron chi connectivity index (χ0n) is 14.7. The van der Waals surface area contributed by atoms with E-state index in [1.54, 1.807) is 6.07 Å². The van der Waals surface area contributed by atoms with E-state index in [0.29, 0.717) is 31.7 Å². The molecule has 1 fully saturated rings. The van der Waals surface area contributed by atoms with Gasteiger partial charge in [0.2, 0.25) is 0 Å². The number of hydrogen-bond donors (Lipinski definition) is 1. The average molecular weight is 378 g/mol. The predicted octanol–water partition coefficient (Wildman–Crippen LogP) is 3.50. The number of benzene rings is 2. The number of carboxylic acids is 1. The van der Waals surface area contributed by atoms with Crippen LogP contribution in [0.2, 0.25) is 0 Å². The van der Waals surface area contributed by atoms with Gasteiger partial charge in [-0.15, -0.1) is 0 Å². The van der Waals surface area contributed by atoms with Crippen molar-refractivity contribution in [3.63, 3.8) is 0 Å². The minimum Gasteiger partial charge on any atom is -0.480 e. The summed E-state index contributed by atoms with van der Waals surface area (Å²) in [6, 6.07) is 14.6. The van der Waals surface area contributed by atoms with Gasteiger partial charge < -0.3 is 5.11 Å². The third-order valence-electron chi connectivity index (χ3n) is 4.78. The molecule has 0 amide bonds. The highest BCUT2D eigenvalue weighted by molar-refractivity contribution is 5.69. The minimum atomic E-state index is -4.39. The van der Waals surface area contributed by atoms with Gasteiger partial charge in [-0.2, -0.15) is 13.2 Å². The smallest absolute Gasteiger partial charge is 0.416 e. The number of aliphatic carboxylic acids is 1. The first-order valence-electron chi connectivity index (χ1n) is 8.75. The van der Waals surface area contributed by atoms with Crippen LogP contribution in [0.15, 0.2) is 54.6 Å². The Morgan fingerprint density at radius 2 is 1.59 bits per heavy atom. The molecule has 2 aromatic rings. The molecule has 0 bridgehead atoms. The summed E-state index contributed by atoms with van der Waals surface area (Å²) in [5, 5.41) is 8.94. The van der Waals surface area contributed by atoms with Gasteiger partial charge in [0.05, 0.1) is 18.2 Å². The van der Waals surface area contributed by atoms with Crippen LogP contribution in [0.1, 0.15) is 22.7 Å². The molecule has 144 valence electrons. The molecule has 0 radical (unpaired) electrons. The fourth-order valence-corrected chi connectivity index (χ4v) is 3.51. The normalized spacial score (nSPS) is 17.6. The molecule has 4 nitrogen and oxygen atoms in total. The van der Waals surface area contributed by atoms with E-state index in [4.69, 9.17) is 5.11 Å². The maximum absolute atomic E-state index is 13.2. The van der Waals surface area contributed by atoms with Gasteiger partial charge in [0.1, 0.15) is 0 Å². The van der Waals surface area contributed by atoms with E-state index in [9.17, 15) is 18.0 Å². The summed E-state index contributed by atoms with van der Waals surface area (Å²) in [7, 11) is 0. The Morgan fingerprint density at radius 3 is 2.19 bits per heavy atom. The Kier molecular flexibility index (Phi) is 5.82. The molecule has 0 saturated carbocycles. The number of alkyl halides is 3. The van der Waals surface area contributed by atoms with Crippen LogP contribution in [0.5, 0.6) is 0 Å². The summed E-state index contributed by atoms with van der Waals surface area (Å²) < 4.78 is 39.5. The summed E-state index contributed by atoms with van der Waals surface area (Å²) in [5.74, 6) is -0.874. The van der Waals surface area contributed by atoms with E-state index in [1.165, 1.54) is 12.1 Å². The molecule has 1 heterocycles. The maximum atomic E-state index is 13.2. The van der Waals surface area contributed by atoms with Crippen LogP contribution in [0, 0.1) is 0 Å². The lowest BCUT2D eigenvalue weighted by atomic mass is 9.95. The molecule has 7 heteroatoms. The van der Waals surface area contributed by atoms with Crippen molar-refractivity contribution in [2.45, 2.75) is 12.2 Å². The molecule has 0 spiro atoms. The molecule has 0 aromatic heterocycles. The van der Waals surface area contributed by atoms with Crippen LogP contribution in [-0.4, -0.2) is 53.6 Å². The number of halogens is 3. The second-order valence-electron chi connectivity index (χ2n) is 6.64. The highest BCUT2D eigenvalue weighted by Gasteiger charge is 2.32. The van der Waals surface area contributed by atoms with Gasteiger partial charge in [-0.25, -0.2) is 0 Å². The van der Waals surface area contributed by atoms with Crippen LogP contribution < -0.4 is 0 Å². The summed E-state index contributed by atoms with van der Waals surface area (Å²) in [6.45, 7) is 2.28. The SMILES string of the molecule is O=C(O)CN1CCN([C@@H](c2ccccc2)c2cccc(C(F)(F)F)c2)CC1. The summed E-state index contributed by atoms with van der Waals surface area (Å²) in [5.41, 5.74) is 0.844. The van der Waals surface area contributed by atoms with Crippen LogP contribution in [0.25, 0.3) is 0 Å². The first-order chi connectivity index (χ1) is 12.8. The molecule has 1 aliphatic rings. The largest absolute Gasteiger partial charge is 0.480 e. The topological polar surface area (TPSA) is 43.8 Å². The van der Waals surface area contributed by atoms with E-state index in [2.05, 4.69) is 4.90 Å². The van der Waals surface area contributed by atoms with E-state index < -0.39 is 17.7 Å². The van der Waals surface area contributed by atoms with E-state index >= 15 is 0 Å². The van der Waals surface area contributed by atoms with Gasteiger partial charge in [0, 0.05) is 26.2 Å². The van der Waals surface area contributed by atoms with Crippen molar-refractivity contribution in [1.29, 1.82) is 0 Å². The van der Waals surface area contributed by atoms with Crippen molar-refractivity contribution in [3.8, 4) is 0 Å². The van der Waals surface area contributed by atoms with E-state index in [-0.39, 0.29) is 12.6 Å². The van der Waals surface area contributed by atoms with Crippen LogP contribution in [0.4, 0.5) is 13.2 Å². The molecule has 3 rings (SSSR count). The summed E-state index contributed by atoms with van der Waals surface area (Å²) in [6.07, 6.45) is -4.39. The quantitative estimate of drug-likeness (QED) is 0.865. The Balaban J connectivity index is 1.89. The molecule has 1 aliphatic heterocycles. The lowest BCUT2D eigenvalue weighted by molar-refractivity contribution is -0.139. The van der Waals surface area contributed by atoms with Gasteiger partial charge in [-0.1, -0.05) is 42.5 Å². The Labute approximate surface area is 155 Å². The second kappa shape index (κ2) is 8.10. The molecule has 1 atom stereocenters. The second-order valence-corrected chi connectivity index (χ2v) is 6.64. The molecule has 1 N–H and O–H groups in total. The Hall–Kier alpha value is -2.38. The van der Waals surface area contributed by atoms with Gasteiger partial charge in [0.15, 0.2) is 0 Å². The molecular weight excluding hydrogens is 357 g/mol. The van der Waals surface area contributed by atoms with Crippen LogP contribution in [-0.2, 0) is 11.0 Å². The van der Waals surface area contributed by atoms with E-state index in [1.807, 2.05) is 35.2 Å². The lowest BCUT2D eigenvalue weighted by Crippen LogP contribution is -2.49. The minimum absolute atomic E-state index is 0.0204. The van der Waals surface area contributed by atoms with Gasteiger partial charge in [-0.3, -0.25) is 14.6 Å². The number of carbonyl (C=O) groups is 1. The van der Waals surface area contributed by atoms with Crippen molar-refractivity contribution in [1.82, 2.24) is 9.80 Å². The molecule has 2 aromatic carbocycles. The summed E-state index contributed by atoms with van der Waals surface area (Å²) in [4.78, 5) is 14.9. The predicted molar refractivity (Wildman–Crippen MR) is 95.4 cm³/mol. The van der Waals surface area contributed by atoms with Crippen LogP contribution >= 0.6 is 0 Å². The fourth-order valence-electron chi connectivity index (χ4n) is 3.51. The first kappa shape index (κ1) is 19.4. The number of carboxylic acid groups (broad SMARTS) is 1. The Bertz CT molecular complexity index is 772. The fraction of sp³-hybridized carbons (Fsp3) is 0.350. The highest BCUT2D eigenvalue weighted by atomic mass is 19.4. The van der Waals surface area contributed by atoms with Crippen molar-refractivity contribution in [3.05, 3.63) is 71.3 Å².